The maximum Gasteiger partial charge on any atom is 0.119 e. The molecule has 0 bridgehead atoms. The van der Waals surface area contributed by atoms with Gasteiger partial charge in [-0.15, -0.1) is 0 Å². The molecule has 1 unspecified atom stereocenters. The monoisotopic (exact) mass is 267 g/mol. The smallest absolute Gasteiger partial charge is 0.119 e. The average Bonchev–Trinajstić information content (AvgIpc) is 2.45. The molecule has 0 heterocycles. The zero-order chi connectivity index (χ0) is 14.3. The van der Waals surface area contributed by atoms with Gasteiger partial charge in [-0.1, -0.05) is 26.0 Å². The zero-order valence-electron chi connectivity index (χ0n) is 11.8. The van der Waals surface area contributed by atoms with Crippen LogP contribution in [0.2, 0.25) is 0 Å². The Bertz CT molecular complexity index is 377. The highest BCUT2D eigenvalue weighted by Crippen LogP contribution is 2.19. The Morgan fingerprint density at radius 2 is 2.00 bits per heavy atom. The van der Waals surface area contributed by atoms with Gasteiger partial charge in [0.2, 0.25) is 0 Å². The molecule has 1 aromatic rings. The summed E-state index contributed by atoms with van der Waals surface area (Å²) in [5, 5.41) is 19.7. The number of aliphatic hydroxyl groups is 2. The average molecular weight is 267 g/mol. The Hall–Kier alpha value is -1.10. The number of hydrogen-bond acceptors (Lipinski definition) is 4. The van der Waals surface area contributed by atoms with Gasteiger partial charge < -0.3 is 20.7 Å². The van der Waals surface area contributed by atoms with E-state index in [0.717, 1.165) is 5.56 Å². The van der Waals surface area contributed by atoms with Crippen LogP contribution < -0.4 is 10.5 Å². The third-order valence-corrected chi connectivity index (χ3v) is 3.47. The number of aliphatic hydroxyl groups excluding tert-OH is 1. The Labute approximate surface area is 115 Å². The van der Waals surface area contributed by atoms with Crippen LogP contribution in [0.3, 0.4) is 0 Å². The zero-order valence-corrected chi connectivity index (χ0v) is 11.8. The molecule has 0 aliphatic rings. The van der Waals surface area contributed by atoms with Gasteiger partial charge in [-0.3, -0.25) is 0 Å². The largest absolute Gasteiger partial charge is 0.491 e. The van der Waals surface area contributed by atoms with E-state index in [4.69, 9.17) is 10.5 Å². The molecule has 1 atom stereocenters. The number of benzene rings is 1. The first-order chi connectivity index (χ1) is 9.03. The van der Waals surface area contributed by atoms with Crippen molar-refractivity contribution in [3.05, 3.63) is 29.8 Å². The van der Waals surface area contributed by atoms with Crippen LogP contribution in [0.4, 0.5) is 0 Å². The van der Waals surface area contributed by atoms with Crippen molar-refractivity contribution in [3.8, 4) is 5.75 Å². The van der Waals surface area contributed by atoms with Gasteiger partial charge >= 0.3 is 0 Å². The summed E-state index contributed by atoms with van der Waals surface area (Å²) >= 11 is 0. The molecule has 0 fully saturated rings. The molecule has 4 heteroatoms. The van der Waals surface area contributed by atoms with Crippen molar-refractivity contribution in [1.29, 1.82) is 0 Å². The van der Waals surface area contributed by atoms with E-state index in [-0.39, 0.29) is 13.2 Å². The molecule has 19 heavy (non-hydrogen) atoms. The molecule has 0 aliphatic carbocycles. The highest BCUT2D eigenvalue weighted by molar-refractivity contribution is 5.29. The van der Waals surface area contributed by atoms with E-state index >= 15 is 0 Å². The molecule has 0 spiro atoms. The van der Waals surface area contributed by atoms with Crippen LogP contribution in [0.1, 0.15) is 32.3 Å². The van der Waals surface area contributed by atoms with Gasteiger partial charge in [0.05, 0.1) is 11.7 Å². The van der Waals surface area contributed by atoms with Gasteiger partial charge in [-0.05, 0) is 37.0 Å². The molecule has 0 amide bonds. The number of ether oxygens (including phenoxy) is 1. The van der Waals surface area contributed by atoms with E-state index in [2.05, 4.69) is 0 Å². The maximum atomic E-state index is 10.2. The maximum absolute atomic E-state index is 10.2. The summed E-state index contributed by atoms with van der Waals surface area (Å²) in [4.78, 5) is 0. The second-order valence-corrected chi connectivity index (χ2v) is 4.96. The van der Waals surface area contributed by atoms with Crippen LogP contribution in [-0.4, -0.2) is 35.1 Å². The van der Waals surface area contributed by atoms with Crippen molar-refractivity contribution < 1.29 is 14.9 Å². The third kappa shape index (κ3) is 5.19. The lowest BCUT2D eigenvalue weighted by atomic mass is 9.99. The fraction of sp³-hybridized carbons (Fsp3) is 0.600. The summed E-state index contributed by atoms with van der Waals surface area (Å²) in [6.07, 6.45) is 1.31. The first-order valence-electron chi connectivity index (χ1n) is 6.85. The van der Waals surface area contributed by atoms with Crippen LogP contribution in [0.25, 0.3) is 0 Å². The first-order valence-corrected chi connectivity index (χ1v) is 6.85. The molecule has 0 saturated heterocycles. The van der Waals surface area contributed by atoms with Gasteiger partial charge in [-0.2, -0.15) is 0 Å². The highest BCUT2D eigenvalue weighted by Gasteiger charge is 2.23. The lowest BCUT2D eigenvalue weighted by molar-refractivity contribution is -0.0113. The summed E-state index contributed by atoms with van der Waals surface area (Å²) < 4.78 is 5.65. The Morgan fingerprint density at radius 3 is 2.58 bits per heavy atom. The van der Waals surface area contributed by atoms with Crippen LogP contribution in [-0.2, 0) is 6.42 Å². The van der Waals surface area contributed by atoms with Crippen LogP contribution in [0.15, 0.2) is 24.3 Å². The summed E-state index contributed by atoms with van der Waals surface area (Å²) in [6, 6.07) is 7.54. The second kappa shape index (κ2) is 7.48. The molecule has 0 aromatic heterocycles. The molecule has 1 rings (SSSR count). The lowest BCUT2D eigenvalue weighted by Gasteiger charge is -2.25. The molecular weight excluding hydrogens is 242 g/mol. The van der Waals surface area contributed by atoms with Gasteiger partial charge in [0, 0.05) is 6.54 Å². The van der Waals surface area contributed by atoms with E-state index in [0.29, 0.717) is 25.0 Å². The van der Waals surface area contributed by atoms with Crippen LogP contribution in [0, 0.1) is 0 Å². The fourth-order valence-electron chi connectivity index (χ4n) is 1.79. The van der Waals surface area contributed by atoms with E-state index in [9.17, 15) is 10.2 Å². The molecule has 4 nitrogen and oxygen atoms in total. The van der Waals surface area contributed by atoms with E-state index in [1.165, 1.54) is 0 Å². The van der Waals surface area contributed by atoms with E-state index in [1.807, 2.05) is 38.1 Å². The SMILES string of the molecule is CCC(O)(CC)COc1cccc(CC(O)CN)c1. The van der Waals surface area contributed by atoms with Crippen LogP contribution in [0.5, 0.6) is 5.75 Å². The molecule has 0 radical (unpaired) electrons. The number of hydrogen-bond donors (Lipinski definition) is 3. The molecule has 1 aromatic carbocycles. The predicted octanol–water partition coefficient (Wildman–Crippen LogP) is 1.48. The molecule has 0 saturated carbocycles. The fourth-order valence-corrected chi connectivity index (χ4v) is 1.79. The van der Waals surface area contributed by atoms with E-state index in [1.54, 1.807) is 0 Å². The normalized spacial score (nSPS) is 13.3. The Kier molecular flexibility index (Phi) is 6.28. The summed E-state index contributed by atoms with van der Waals surface area (Å²) in [7, 11) is 0. The van der Waals surface area contributed by atoms with Crippen molar-refractivity contribution in [1.82, 2.24) is 0 Å². The standard InChI is InChI=1S/C15H25NO3/c1-3-15(18,4-2)11-19-14-7-5-6-12(9-14)8-13(17)10-16/h5-7,9,13,17-18H,3-4,8,10-11,16H2,1-2H3. The third-order valence-electron chi connectivity index (χ3n) is 3.47. The predicted molar refractivity (Wildman–Crippen MR) is 76.2 cm³/mol. The number of rotatable bonds is 8. The van der Waals surface area contributed by atoms with E-state index < -0.39 is 11.7 Å². The van der Waals surface area contributed by atoms with Gasteiger partial charge in [-0.25, -0.2) is 0 Å². The molecule has 108 valence electrons. The molecule has 0 aliphatic heterocycles. The first kappa shape index (κ1) is 16.0. The Balaban J connectivity index is 2.62. The molecular formula is C15H25NO3. The van der Waals surface area contributed by atoms with Gasteiger partial charge in [0.15, 0.2) is 0 Å². The topological polar surface area (TPSA) is 75.7 Å². The minimum absolute atomic E-state index is 0.247. The minimum atomic E-state index is -0.771. The Morgan fingerprint density at radius 1 is 1.32 bits per heavy atom. The molecule has 4 N–H and O–H groups in total. The van der Waals surface area contributed by atoms with Gasteiger partial charge in [0.1, 0.15) is 12.4 Å². The quantitative estimate of drug-likeness (QED) is 0.667. The second-order valence-electron chi connectivity index (χ2n) is 4.96. The lowest BCUT2D eigenvalue weighted by Crippen LogP contribution is -2.34. The summed E-state index contributed by atoms with van der Waals surface area (Å²) in [5.41, 5.74) is 5.60. The highest BCUT2D eigenvalue weighted by atomic mass is 16.5. The summed E-state index contributed by atoms with van der Waals surface area (Å²) in [6.45, 7) is 4.42. The summed E-state index contributed by atoms with van der Waals surface area (Å²) in [5.74, 6) is 0.710. The number of nitrogens with two attached hydrogens (primary N) is 1. The van der Waals surface area contributed by atoms with Crippen molar-refractivity contribution in [2.24, 2.45) is 5.73 Å². The van der Waals surface area contributed by atoms with Crippen LogP contribution >= 0.6 is 0 Å². The van der Waals surface area contributed by atoms with Crippen molar-refractivity contribution >= 4 is 0 Å². The van der Waals surface area contributed by atoms with Crippen molar-refractivity contribution in [2.45, 2.75) is 44.8 Å². The minimum Gasteiger partial charge on any atom is -0.491 e. The van der Waals surface area contributed by atoms with Gasteiger partial charge in [0.25, 0.3) is 0 Å². The van der Waals surface area contributed by atoms with Crippen molar-refractivity contribution in [2.75, 3.05) is 13.2 Å². The van der Waals surface area contributed by atoms with Crippen molar-refractivity contribution in [3.63, 3.8) is 0 Å².